The summed E-state index contributed by atoms with van der Waals surface area (Å²) in [6.07, 6.45) is 2.84. The molecule has 3 aromatic rings. The standard InChI is InChI=1S/C28H28FN3O5/c1-18(33)19-11-14-21(15-12-19)31-28(36)37-26(20-13-16-25(34)22(29)17-20)9-3-2-4-10-27(35)32-24-8-6-5-7-23(24)30/h4-8,10-17,26,34H,2-3,9,30H2,1H3,(H,31,36)(H,32,35)/b10-4+/t26-/m0/s1. The Morgan fingerprint density at radius 1 is 1.05 bits per heavy atom. The van der Waals surface area contributed by atoms with Crippen LogP contribution in [0.2, 0.25) is 0 Å². The molecule has 0 saturated carbocycles. The maximum absolute atomic E-state index is 14.0. The molecule has 0 bridgehead atoms. The number of hydrogen-bond donors (Lipinski definition) is 4. The Labute approximate surface area is 214 Å². The first-order valence-corrected chi connectivity index (χ1v) is 11.6. The van der Waals surface area contributed by atoms with Crippen molar-refractivity contribution in [2.45, 2.75) is 32.3 Å². The molecule has 0 unspecified atom stereocenters. The highest BCUT2D eigenvalue weighted by molar-refractivity contribution is 6.01. The molecule has 0 aliphatic carbocycles. The highest BCUT2D eigenvalue weighted by atomic mass is 19.1. The third kappa shape index (κ3) is 8.21. The van der Waals surface area contributed by atoms with E-state index in [2.05, 4.69) is 10.6 Å². The number of nitrogens with two attached hydrogens (primary N) is 1. The van der Waals surface area contributed by atoms with Crippen molar-refractivity contribution in [2.75, 3.05) is 16.4 Å². The predicted molar refractivity (Wildman–Crippen MR) is 140 cm³/mol. The SMILES string of the molecule is CC(=O)c1ccc(NC(=O)O[C@@H](CCC/C=C/C(=O)Nc2ccccc2N)c2ccc(O)c(F)c2)cc1. The van der Waals surface area contributed by atoms with Crippen LogP contribution in [0.4, 0.5) is 26.2 Å². The molecule has 37 heavy (non-hydrogen) atoms. The Kier molecular flexibility index (Phi) is 9.37. The summed E-state index contributed by atoms with van der Waals surface area (Å²) in [7, 11) is 0. The quantitative estimate of drug-likeness (QED) is 0.116. The van der Waals surface area contributed by atoms with E-state index in [-0.39, 0.29) is 11.7 Å². The number of unbranched alkanes of at least 4 members (excludes halogenated alkanes) is 1. The number of amides is 2. The van der Waals surface area contributed by atoms with Gasteiger partial charge in [-0.25, -0.2) is 9.18 Å². The van der Waals surface area contributed by atoms with Gasteiger partial charge >= 0.3 is 6.09 Å². The van der Waals surface area contributed by atoms with Gasteiger partial charge in [0.05, 0.1) is 11.4 Å². The summed E-state index contributed by atoms with van der Waals surface area (Å²) in [4.78, 5) is 36.1. The first-order valence-electron chi connectivity index (χ1n) is 11.6. The highest BCUT2D eigenvalue weighted by Gasteiger charge is 2.18. The fourth-order valence-corrected chi connectivity index (χ4v) is 3.48. The summed E-state index contributed by atoms with van der Waals surface area (Å²) in [5.41, 5.74) is 8.10. The molecule has 8 nitrogen and oxygen atoms in total. The number of carbonyl (C=O) groups is 3. The van der Waals surface area contributed by atoms with E-state index in [1.807, 2.05) is 0 Å². The number of hydrogen-bond acceptors (Lipinski definition) is 6. The Hall–Kier alpha value is -4.66. The van der Waals surface area contributed by atoms with Crippen molar-refractivity contribution in [3.05, 3.63) is 95.8 Å². The average molecular weight is 506 g/mol. The zero-order chi connectivity index (χ0) is 26.8. The monoisotopic (exact) mass is 505 g/mol. The molecule has 0 saturated heterocycles. The van der Waals surface area contributed by atoms with E-state index in [1.54, 1.807) is 54.6 Å². The van der Waals surface area contributed by atoms with Crippen LogP contribution in [0.1, 0.15) is 48.2 Å². The fourth-order valence-electron chi connectivity index (χ4n) is 3.48. The van der Waals surface area contributed by atoms with Crippen LogP contribution >= 0.6 is 0 Å². The number of nitrogens with one attached hydrogen (secondary N) is 2. The number of ether oxygens (including phenoxy) is 1. The zero-order valence-electron chi connectivity index (χ0n) is 20.2. The number of nitrogen functional groups attached to an aromatic ring is 1. The lowest BCUT2D eigenvalue weighted by Gasteiger charge is -2.19. The van der Waals surface area contributed by atoms with Crippen LogP contribution < -0.4 is 16.4 Å². The topological polar surface area (TPSA) is 131 Å². The van der Waals surface area contributed by atoms with Gasteiger partial charge < -0.3 is 20.9 Å². The number of rotatable bonds is 10. The zero-order valence-corrected chi connectivity index (χ0v) is 20.2. The van der Waals surface area contributed by atoms with Gasteiger partial charge in [-0.15, -0.1) is 0 Å². The van der Waals surface area contributed by atoms with Gasteiger partial charge in [0.2, 0.25) is 5.91 Å². The van der Waals surface area contributed by atoms with Crippen molar-refractivity contribution in [1.82, 2.24) is 0 Å². The second kappa shape index (κ2) is 12.9. The Balaban J connectivity index is 1.59. The van der Waals surface area contributed by atoms with Crippen molar-refractivity contribution in [2.24, 2.45) is 0 Å². The van der Waals surface area contributed by atoms with E-state index in [4.69, 9.17) is 10.5 Å². The van der Waals surface area contributed by atoms with Gasteiger partial charge in [-0.3, -0.25) is 14.9 Å². The molecular weight excluding hydrogens is 477 g/mol. The summed E-state index contributed by atoms with van der Waals surface area (Å²) >= 11 is 0. The third-order valence-electron chi connectivity index (χ3n) is 5.46. The molecule has 0 aliphatic heterocycles. The molecule has 0 radical (unpaired) electrons. The second-order valence-corrected chi connectivity index (χ2v) is 8.27. The van der Waals surface area contributed by atoms with Gasteiger partial charge in [0.15, 0.2) is 17.3 Å². The summed E-state index contributed by atoms with van der Waals surface area (Å²) in [6.45, 7) is 1.44. The molecule has 2 amide bonds. The second-order valence-electron chi connectivity index (χ2n) is 8.27. The van der Waals surface area contributed by atoms with Gasteiger partial charge in [0.25, 0.3) is 0 Å². The van der Waals surface area contributed by atoms with Gasteiger partial charge in [-0.05, 0) is 86.4 Å². The normalized spacial score (nSPS) is 11.6. The molecule has 0 aliphatic rings. The summed E-state index contributed by atoms with van der Waals surface area (Å²) < 4.78 is 19.5. The number of allylic oxidation sites excluding steroid dienone is 1. The van der Waals surface area contributed by atoms with Crippen molar-refractivity contribution in [3.8, 4) is 5.75 Å². The third-order valence-corrected chi connectivity index (χ3v) is 5.46. The number of anilines is 3. The van der Waals surface area contributed by atoms with Crippen LogP contribution in [-0.2, 0) is 9.53 Å². The van der Waals surface area contributed by atoms with Crippen molar-refractivity contribution in [1.29, 1.82) is 0 Å². The van der Waals surface area contributed by atoms with Crippen LogP contribution in [0.3, 0.4) is 0 Å². The number of para-hydroxylation sites is 2. The molecule has 3 rings (SSSR count). The number of Topliss-reactive ketones (excluding diaryl/α,β-unsaturated/α-hetero) is 1. The van der Waals surface area contributed by atoms with Crippen LogP contribution in [0.15, 0.2) is 78.9 Å². The van der Waals surface area contributed by atoms with E-state index >= 15 is 0 Å². The Morgan fingerprint density at radius 3 is 2.46 bits per heavy atom. The molecular formula is C28H28FN3O5. The molecule has 0 aromatic heterocycles. The molecule has 192 valence electrons. The average Bonchev–Trinajstić information content (AvgIpc) is 2.86. The molecule has 0 spiro atoms. The number of carbonyl (C=O) groups excluding carboxylic acids is 3. The fraction of sp³-hybridized carbons (Fsp3) is 0.179. The smallest absolute Gasteiger partial charge is 0.412 e. The van der Waals surface area contributed by atoms with Gasteiger partial charge in [0.1, 0.15) is 6.10 Å². The molecule has 9 heteroatoms. The number of ketones is 1. The highest BCUT2D eigenvalue weighted by Crippen LogP contribution is 2.28. The van der Waals surface area contributed by atoms with Crippen LogP contribution in [0, 0.1) is 5.82 Å². The first kappa shape index (κ1) is 26.9. The lowest BCUT2D eigenvalue weighted by Crippen LogP contribution is -2.18. The maximum atomic E-state index is 14.0. The van der Waals surface area contributed by atoms with Gasteiger partial charge in [-0.1, -0.05) is 24.3 Å². The Morgan fingerprint density at radius 2 is 1.78 bits per heavy atom. The predicted octanol–water partition coefficient (Wildman–Crippen LogP) is 5.97. The van der Waals surface area contributed by atoms with Crippen molar-refractivity contribution < 1.29 is 28.6 Å². The minimum atomic E-state index is -0.830. The number of phenols is 1. The number of benzene rings is 3. The van der Waals surface area contributed by atoms with E-state index in [1.165, 1.54) is 25.1 Å². The van der Waals surface area contributed by atoms with E-state index in [0.29, 0.717) is 47.5 Å². The van der Waals surface area contributed by atoms with E-state index < -0.39 is 23.8 Å². The Bertz CT molecular complexity index is 1290. The minimum Gasteiger partial charge on any atom is -0.505 e. The summed E-state index contributed by atoms with van der Waals surface area (Å²) in [6, 6.07) is 17.0. The van der Waals surface area contributed by atoms with Crippen LogP contribution in [0.25, 0.3) is 0 Å². The number of phenolic OH excluding ortho intramolecular Hbond substituents is 1. The van der Waals surface area contributed by atoms with Crippen molar-refractivity contribution in [3.63, 3.8) is 0 Å². The van der Waals surface area contributed by atoms with E-state index in [0.717, 1.165) is 6.07 Å². The van der Waals surface area contributed by atoms with Crippen LogP contribution in [-0.4, -0.2) is 22.9 Å². The number of aromatic hydroxyl groups is 1. The number of halogens is 1. The minimum absolute atomic E-state index is 0.0979. The summed E-state index contributed by atoms with van der Waals surface area (Å²) in [5.74, 6) is -1.77. The van der Waals surface area contributed by atoms with Gasteiger partial charge in [-0.2, -0.15) is 0 Å². The summed E-state index contributed by atoms with van der Waals surface area (Å²) in [5, 5.41) is 14.8. The lowest BCUT2D eigenvalue weighted by molar-refractivity contribution is -0.111. The molecule has 5 N–H and O–H groups in total. The maximum Gasteiger partial charge on any atom is 0.412 e. The largest absolute Gasteiger partial charge is 0.505 e. The van der Waals surface area contributed by atoms with Crippen LogP contribution in [0.5, 0.6) is 5.75 Å². The van der Waals surface area contributed by atoms with Gasteiger partial charge in [0, 0.05) is 11.3 Å². The molecule has 1 atom stereocenters. The lowest BCUT2D eigenvalue weighted by atomic mass is 10.0. The van der Waals surface area contributed by atoms with Crippen molar-refractivity contribution >= 4 is 34.8 Å². The molecule has 0 heterocycles. The molecule has 3 aromatic carbocycles. The molecule has 0 fully saturated rings. The van der Waals surface area contributed by atoms with E-state index in [9.17, 15) is 23.9 Å². The first-order chi connectivity index (χ1) is 17.7.